The van der Waals surface area contributed by atoms with E-state index in [0.29, 0.717) is 12.5 Å². The van der Waals surface area contributed by atoms with Crippen molar-refractivity contribution in [3.63, 3.8) is 0 Å². The average Bonchev–Trinajstić information content (AvgIpc) is 2.38. The van der Waals surface area contributed by atoms with Crippen molar-refractivity contribution >= 4 is 0 Å². The van der Waals surface area contributed by atoms with Crippen molar-refractivity contribution in [3.05, 3.63) is 52.6 Å². The number of hydrogen-bond donors (Lipinski definition) is 2. The van der Waals surface area contributed by atoms with Crippen LogP contribution >= 0.6 is 0 Å². The van der Waals surface area contributed by atoms with Crippen molar-refractivity contribution in [1.29, 1.82) is 0 Å². The Bertz CT molecular complexity index is 566. The van der Waals surface area contributed by atoms with Crippen molar-refractivity contribution in [2.24, 2.45) is 0 Å². The van der Waals surface area contributed by atoms with Crippen LogP contribution in [0.5, 0.6) is 11.6 Å². The van der Waals surface area contributed by atoms with Crippen LogP contribution < -0.4 is 10.3 Å². The van der Waals surface area contributed by atoms with Crippen LogP contribution in [0.4, 0.5) is 0 Å². The van der Waals surface area contributed by atoms with E-state index in [1.165, 1.54) is 11.6 Å². The van der Waals surface area contributed by atoms with E-state index in [-0.39, 0.29) is 11.3 Å². The maximum Gasteiger partial charge on any atom is 0.254 e. The highest BCUT2D eigenvalue weighted by atomic mass is 16.5. The Kier molecular flexibility index (Phi) is 4.55. The summed E-state index contributed by atoms with van der Waals surface area (Å²) in [6.45, 7) is 0.504. The van der Waals surface area contributed by atoms with Crippen LogP contribution in [0.3, 0.4) is 0 Å². The van der Waals surface area contributed by atoms with E-state index in [0.717, 1.165) is 25.3 Å². The van der Waals surface area contributed by atoms with Gasteiger partial charge in [-0.05, 0) is 37.0 Å². The molecular weight excluding hydrogens is 244 g/mol. The fraction of sp³-hybridized carbons (Fsp3) is 0.286. The minimum Gasteiger partial charge on any atom is -0.508 e. The van der Waals surface area contributed by atoms with Crippen LogP contribution in [0, 0.1) is 0 Å². The third-order valence-electron chi connectivity index (χ3n) is 2.67. The topological polar surface area (TPSA) is 75.2 Å². The van der Waals surface area contributed by atoms with Crippen molar-refractivity contribution in [2.45, 2.75) is 19.3 Å². The summed E-state index contributed by atoms with van der Waals surface area (Å²) in [6.07, 6.45) is 6.40. The minimum absolute atomic E-state index is 0.0875. The number of rotatable bonds is 6. The quantitative estimate of drug-likeness (QED) is 0.777. The molecule has 5 nitrogen and oxygen atoms in total. The Labute approximate surface area is 110 Å². The van der Waals surface area contributed by atoms with E-state index in [9.17, 15) is 9.90 Å². The summed E-state index contributed by atoms with van der Waals surface area (Å²) in [7, 11) is 0. The summed E-state index contributed by atoms with van der Waals surface area (Å²) in [5.74, 6) is 0.212. The SMILES string of the molecule is O=c1cc(O)cc(OCCCCc2ccncc2)[nH]1. The molecule has 0 fully saturated rings. The van der Waals surface area contributed by atoms with Crippen molar-refractivity contribution in [2.75, 3.05) is 6.61 Å². The molecule has 0 aromatic carbocycles. The number of aromatic amines is 1. The molecule has 2 N–H and O–H groups in total. The van der Waals surface area contributed by atoms with Gasteiger partial charge in [0.25, 0.3) is 5.56 Å². The highest BCUT2D eigenvalue weighted by Crippen LogP contribution is 2.12. The molecule has 0 aliphatic carbocycles. The summed E-state index contributed by atoms with van der Waals surface area (Å²) in [4.78, 5) is 17.6. The van der Waals surface area contributed by atoms with E-state index in [4.69, 9.17) is 4.74 Å². The molecule has 0 bridgehead atoms. The van der Waals surface area contributed by atoms with E-state index in [1.807, 2.05) is 12.1 Å². The second-order valence-corrected chi connectivity index (χ2v) is 4.23. The molecular formula is C14H16N2O3. The second-order valence-electron chi connectivity index (χ2n) is 4.23. The fourth-order valence-corrected chi connectivity index (χ4v) is 1.74. The first kappa shape index (κ1) is 13.1. The lowest BCUT2D eigenvalue weighted by atomic mass is 10.1. The first-order valence-corrected chi connectivity index (χ1v) is 6.19. The predicted octanol–water partition coefficient (Wildman–Crippen LogP) is 1.88. The molecule has 5 heteroatoms. The van der Waals surface area contributed by atoms with Gasteiger partial charge in [-0.1, -0.05) is 0 Å². The molecule has 2 aromatic rings. The Morgan fingerprint density at radius 2 is 2.00 bits per heavy atom. The van der Waals surface area contributed by atoms with Crippen LogP contribution in [-0.4, -0.2) is 21.7 Å². The molecule has 0 radical (unpaired) electrons. The first-order chi connectivity index (χ1) is 9.24. The van der Waals surface area contributed by atoms with E-state index >= 15 is 0 Å². The van der Waals surface area contributed by atoms with Crippen LogP contribution in [0.15, 0.2) is 41.5 Å². The lowest BCUT2D eigenvalue weighted by Gasteiger charge is -2.06. The molecule has 0 saturated carbocycles. The highest BCUT2D eigenvalue weighted by molar-refractivity contribution is 5.24. The van der Waals surface area contributed by atoms with Gasteiger partial charge in [0.15, 0.2) is 5.88 Å². The van der Waals surface area contributed by atoms with Gasteiger partial charge < -0.3 is 9.84 Å². The van der Waals surface area contributed by atoms with Gasteiger partial charge in [-0.25, -0.2) is 0 Å². The highest BCUT2D eigenvalue weighted by Gasteiger charge is 1.99. The third-order valence-corrected chi connectivity index (χ3v) is 2.67. The molecule has 0 aliphatic rings. The Balaban J connectivity index is 1.71. The first-order valence-electron chi connectivity index (χ1n) is 6.19. The van der Waals surface area contributed by atoms with E-state index < -0.39 is 0 Å². The van der Waals surface area contributed by atoms with Gasteiger partial charge in [0.05, 0.1) is 6.61 Å². The van der Waals surface area contributed by atoms with Crippen molar-refractivity contribution in [3.8, 4) is 11.6 Å². The number of hydrogen-bond acceptors (Lipinski definition) is 4. The number of nitrogens with zero attached hydrogens (tertiary/aromatic N) is 1. The number of nitrogens with one attached hydrogen (secondary N) is 1. The normalized spacial score (nSPS) is 10.3. The van der Waals surface area contributed by atoms with E-state index in [2.05, 4.69) is 9.97 Å². The number of aromatic hydroxyl groups is 1. The van der Waals surface area contributed by atoms with Gasteiger partial charge in [0.1, 0.15) is 5.75 Å². The summed E-state index contributed by atoms with van der Waals surface area (Å²) >= 11 is 0. The molecule has 19 heavy (non-hydrogen) atoms. The van der Waals surface area contributed by atoms with Gasteiger partial charge in [-0.2, -0.15) is 0 Å². The molecule has 0 spiro atoms. The fourth-order valence-electron chi connectivity index (χ4n) is 1.74. The molecule has 2 aromatic heterocycles. The third kappa shape index (κ3) is 4.46. The van der Waals surface area contributed by atoms with Gasteiger partial charge in [-0.3, -0.25) is 14.8 Å². The molecule has 0 saturated heterocycles. The molecule has 2 heterocycles. The molecule has 2 rings (SSSR count). The Morgan fingerprint density at radius 3 is 2.74 bits per heavy atom. The molecule has 0 unspecified atom stereocenters. The summed E-state index contributed by atoms with van der Waals surface area (Å²) < 4.78 is 5.38. The second kappa shape index (κ2) is 6.58. The number of H-pyrrole nitrogens is 1. The molecule has 100 valence electrons. The van der Waals surface area contributed by atoms with E-state index in [1.54, 1.807) is 12.4 Å². The maximum absolute atomic E-state index is 11.1. The largest absolute Gasteiger partial charge is 0.508 e. The lowest BCUT2D eigenvalue weighted by molar-refractivity contribution is 0.293. The van der Waals surface area contributed by atoms with Gasteiger partial charge in [0, 0.05) is 24.5 Å². The average molecular weight is 260 g/mol. The van der Waals surface area contributed by atoms with Crippen LogP contribution in [-0.2, 0) is 6.42 Å². The number of aromatic nitrogens is 2. The molecule has 0 amide bonds. The number of pyridine rings is 2. The zero-order chi connectivity index (χ0) is 13.5. The van der Waals surface area contributed by atoms with Gasteiger partial charge in [0.2, 0.25) is 0 Å². The monoisotopic (exact) mass is 260 g/mol. The summed E-state index contributed by atoms with van der Waals surface area (Å²) in [5.41, 5.74) is 0.882. The number of unbranched alkanes of at least 4 members (excludes halogenated alkanes) is 1. The molecule has 0 atom stereocenters. The molecule has 0 aliphatic heterocycles. The maximum atomic E-state index is 11.1. The predicted molar refractivity (Wildman–Crippen MR) is 71.4 cm³/mol. The lowest BCUT2D eigenvalue weighted by Crippen LogP contribution is -2.07. The zero-order valence-corrected chi connectivity index (χ0v) is 10.5. The standard InChI is InChI=1S/C14H16N2O3/c17-12-9-13(18)16-14(10-12)19-8-2-1-3-11-4-6-15-7-5-11/h4-7,9-10H,1-3,8H2,(H2,16,17,18). The Morgan fingerprint density at radius 1 is 1.21 bits per heavy atom. The van der Waals surface area contributed by atoms with Gasteiger partial charge >= 0.3 is 0 Å². The minimum atomic E-state index is -0.369. The smallest absolute Gasteiger partial charge is 0.254 e. The van der Waals surface area contributed by atoms with Crippen molar-refractivity contribution in [1.82, 2.24) is 9.97 Å². The van der Waals surface area contributed by atoms with Crippen molar-refractivity contribution < 1.29 is 9.84 Å². The zero-order valence-electron chi connectivity index (χ0n) is 10.5. The van der Waals surface area contributed by atoms with Crippen LogP contribution in [0.25, 0.3) is 0 Å². The van der Waals surface area contributed by atoms with Crippen LogP contribution in [0.1, 0.15) is 18.4 Å². The van der Waals surface area contributed by atoms with Gasteiger partial charge in [-0.15, -0.1) is 0 Å². The summed E-state index contributed by atoms with van der Waals surface area (Å²) in [5, 5.41) is 9.24. The van der Waals surface area contributed by atoms with Crippen LogP contribution in [0.2, 0.25) is 0 Å². The number of ether oxygens (including phenoxy) is 1. The number of aryl methyl sites for hydroxylation is 1. The summed E-state index contributed by atoms with van der Waals surface area (Å²) in [6, 6.07) is 6.49. The Hall–Kier alpha value is -2.30.